The van der Waals surface area contributed by atoms with Crippen LogP contribution in [0.2, 0.25) is 5.02 Å². The lowest BCUT2D eigenvalue weighted by atomic mass is 9.77. The topological polar surface area (TPSA) is 51.0 Å². The number of nitrogens with one attached hydrogen (secondary N) is 1. The van der Waals surface area contributed by atoms with Gasteiger partial charge in [-0.1, -0.05) is 42.7 Å². The van der Waals surface area contributed by atoms with E-state index in [0.717, 1.165) is 18.5 Å². The van der Waals surface area contributed by atoms with Crippen LogP contribution < -0.4 is 5.32 Å². The standard InChI is InChI=1S/C15H18ClN3O/c1-15(2)8-5-9-17-12(15)14-18-13(19-20-14)10-6-3-4-7-11(10)16/h3-4,6-7,12,17H,5,8-9H2,1-2H3. The first kappa shape index (κ1) is 13.6. The van der Waals surface area contributed by atoms with E-state index in [1.165, 1.54) is 6.42 Å². The molecule has 0 aliphatic carbocycles. The van der Waals surface area contributed by atoms with Crippen LogP contribution in [0, 0.1) is 5.41 Å². The second-order valence-electron chi connectivity index (χ2n) is 5.92. The van der Waals surface area contributed by atoms with Crippen LogP contribution in [0.5, 0.6) is 0 Å². The molecule has 106 valence electrons. The van der Waals surface area contributed by atoms with Crippen molar-refractivity contribution < 1.29 is 4.52 Å². The zero-order valence-electron chi connectivity index (χ0n) is 11.7. The molecule has 0 bridgehead atoms. The van der Waals surface area contributed by atoms with Crippen molar-refractivity contribution in [3.63, 3.8) is 0 Å². The molecular weight excluding hydrogens is 274 g/mol. The molecule has 0 radical (unpaired) electrons. The van der Waals surface area contributed by atoms with Crippen LogP contribution in [-0.2, 0) is 0 Å². The summed E-state index contributed by atoms with van der Waals surface area (Å²) in [6.45, 7) is 5.43. The van der Waals surface area contributed by atoms with Gasteiger partial charge >= 0.3 is 0 Å². The zero-order chi connectivity index (χ0) is 14.2. The monoisotopic (exact) mass is 291 g/mol. The minimum atomic E-state index is 0.0972. The van der Waals surface area contributed by atoms with Crippen LogP contribution in [0.1, 0.15) is 38.6 Å². The van der Waals surface area contributed by atoms with Crippen molar-refractivity contribution in [2.75, 3.05) is 6.54 Å². The van der Waals surface area contributed by atoms with Gasteiger partial charge < -0.3 is 9.84 Å². The first-order valence-corrected chi connectivity index (χ1v) is 7.27. The number of rotatable bonds is 2. The fraction of sp³-hybridized carbons (Fsp3) is 0.467. The second kappa shape index (κ2) is 5.19. The van der Waals surface area contributed by atoms with Crippen molar-refractivity contribution in [2.24, 2.45) is 5.41 Å². The van der Waals surface area contributed by atoms with Crippen LogP contribution in [0.4, 0.5) is 0 Å². The maximum absolute atomic E-state index is 6.17. The van der Waals surface area contributed by atoms with E-state index in [1.807, 2.05) is 24.3 Å². The largest absolute Gasteiger partial charge is 0.337 e. The van der Waals surface area contributed by atoms with Gasteiger partial charge in [-0.2, -0.15) is 4.98 Å². The molecule has 4 nitrogen and oxygen atoms in total. The molecule has 1 fully saturated rings. The number of benzene rings is 1. The number of nitrogens with zero attached hydrogens (tertiary/aromatic N) is 2. The Labute approximate surface area is 123 Å². The molecule has 0 saturated carbocycles. The Balaban J connectivity index is 1.92. The Morgan fingerprint density at radius 3 is 2.90 bits per heavy atom. The molecule has 0 spiro atoms. The fourth-order valence-corrected chi connectivity index (χ4v) is 2.96. The Morgan fingerprint density at radius 2 is 2.15 bits per heavy atom. The van der Waals surface area contributed by atoms with Gasteiger partial charge in [0.25, 0.3) is 0 Å². The predicted octanol–water partition coefficient (Wildman–Crippen LogP) is 3.84. The first-order valence-electron chi connectivity index (χ1n) is 6.90. The average Bonchev–Trinajstić information content (AvgIpc) is 2.88. The van der Waals surface area contributed by atoms with Gasteiger partial charge in [0.1, 0.15) is 0 Å². The molecule has 1 aromatic heterocycles. The van der Waals surface area contributed by atoms with Gasteiger partial charge in [-0.25, -0.2) is 0 Å². The van der Waals surface area contributed by atoms with Crippen molar-refractivity contribution in [1.29, 1.82) is 0 Å². The number of piperidine rings is 1. The van der Waals surface area contributed by atoms with Crippen molar-refractivity contribution in [3.05, 3.63) is 35.2 Å². The third kappa shape index (κ3) is 2.45. The second-order valence-corrected chi connectivity index (χ2v) is 6.32. The molecule has 1 aliphatic heterocycles. The highest BCUT2D eigenvalue weighted by Gasteiger charge is 2.37. The highest BCUT2D eigenvalue weighted by Crippen LogP contribution is 2.40. The molecule has 0 amide bonds. The van der Waals surface area contributed by atoms with Crippen LogP contribution in [0.15, 0.2) is 28.8 Å². The van der Waals surface area contributed by atoms with Gasteiger partial charge in [0.2, 0.25) is 11.7 Å². The Kier molecular flexibility index (Phi) is 3.52. The van der Waals surface area contributed by atoms with Crippen molar-refractivity contribution in [2.45, 2.75) is 32.7 Å². The molecule has 1 aromatic carbocycles. The Bertz CT molecular complexity index is 609. The van der Waals surface area contributed by atoms with Gasteiger partial charge in [-0.15, -0.1) is 0 Å². The Hall–Kier alpha value is -1.39. The summed E-state index contributed by atoms with van der Waals surface area (Å²) in [5.74, 6) is 1.19. The molecular formula is C15H18ClN3O. The van der Waals surface area contributed by atoms with Crippen LogP contribution in [-0.4, -0.2) is 16.7 Å². The number of aromatic nitrogens is 2. The SMILES string of the molecule is CC1(C)CCCNC1c1nc(-c2ccccc2Cl)no1. The fourth-order valence-electron chi connectivity index (χ4n) is 2.74. The smallest absolute Gasteiger partial charge is 0.244 e. The molecule has 1 atom stereocenters. The summed E-state index contributed by atoms with van der Waals surface area (Å²) in [6, 6.07) is 7.63. The molecule has 1 aliphatic rings. The molecule has 20 heavy (non-hydrogen) atoms. The zero-order valence-corrected chi connectivity index (χ0v) is 12.4. The van der Waals surface area contributed by atoms with Crippen LogP contribution in [0.3, 0.4) is 0 Å². The highest BCUT2D eigenvalue weighted by atomic mass is 35.5. The number of hydrogen-bond donors (Lipinski definition) is 1. The maximum atomic E-state index is 6.17. The minimum absolute atomic E-state index is 0.0972. The van der Waals surface area contributed by atoms with E-state index in [-0.39, 0.29) is 11.5 Å². The lowest BCUT2D eigenvalue weighted by Crippen LogP contribution is -2.39. The van der Waals surface area contributed by atoms with E-state index in [1.54, 1.807) is 0 Å². The summed E-state index contributed by atoms with van der Waals surface area (Å²) >= 11 is 6.17. The van der Waals surface area contributed by atoms with E-state index in [2.05, 4.69) is 29.3 Å². The third-order valence-corrected chi connectivity index (χ3v) is 4.26. The summed E-state index contributed by atoms with van der Waals surface area (Å²) in [5, 5.41) is 8.19. The number of hydrogen-bond acceptors (Lipinski definition) is 4. The summed E-state index contributed by atoms with van der Waals surface area (Å²) in [7, 11) is 0. The van der Waals surface area contributed by atoms with Gasteiger partial charge in [-0.05, 0) is 36.9 Å². The third-order valence-electron chi connectivity index (χ3n) is 3.93. The molecule has 1 saturated heterocycles. The number of halogens is 1. The molecule has 1 N–H and O–H groups in total. The summed E-state index contributed by atoms with van der Waals surface area (Å²) in [5.41, 5.74) is 0.917. The normalized spacial score (nSPS) is 21.9. The van der Waals surface area contributed by atoms with Crippen LogP contribution in [0.25, 0.3) is 11.4 Å². The lowest BCUT2D eigenvalue weighted by molar-refractivity contribution is 0.146. The van der Waals surface area contributed by atoms with Crippen molar-refractivity contribution in [1.82, 2.24) is 15.5 Å². The summed E-state index contributed by atoms with van der Waals surface area (Å²) in [4.78, 5) is 4.54. The van der Waals surface area contributed by atoms with E-state index in [9.17, 15) is 0 Å². The summed E-state index contributed by atoms with van der Waals surface area (Å²) in [6.07, 6.45) is 2.32. The molecule has 1 unspecified atom stereocenters. The average molecular weight is 292 g/mol. The van der Waals surface area contributed by atoms with E-state index in [0.29, 0.717) is 16.7 Å². The van der Waals surface area contributed by atoms with E-state index in [4.69, 9.17) is 16.1 Å². The molecule has 2 aromatic rings. The van der Waals surface area contributed by atoms with Crippen molar-refractivity contribution >= 4 is 11.6 Å². The maximum Gasteiger partial charge on any atom is 0.244 e. The van der Waals surface area contributed by atoms with Crippen molar-refractivity contribution in [3.8, 4) is 11.4 Å². The van der Waals surface area contributed by atoms with Gasteiger partial charge in [0, 0.05) is 5.56 Å². The summed E-state index contributed by atoms with van der Waals surface area (Å²) < 4.78 is 5.47. The minimum Gasteiger partial charge on any atom is -0.337 e. The molecule has 2 heterocycles. The van der Waals surface area contributed by atoms with Gasteiger partial charge in [0.05, 0.1) is 11.1 Å². The first-order chi connectivity index (χ1) is 9.58. The quantitative estimate of drug-likeness (QED) is 0.913. The highest BCUT2D eigenvalue weighted by molar-refractivity contribution is 6.33. The van der Waals surface area contributed by atoms with E-state index >= 15 is 0 Å². The van der Waals surface area contributed by atoms with Gasteiger partial charge in [-0.3, -0.25) is 0 Å². The molecule has 5 heteroatoms. The molecule has 3 rings (SSSR count). The Morgan fingerprint density at radius 1 is 1.35 bits per heavy atom. The van der Waals surface area contributed by atoms with Crippen LogP contribution >= 0.6 is 11.6 Å². The van der Waals surface area contributed by atoms with E-state index < -0.39 is 0 Å². The van der Waals surface area contributed by atoms with Gasteiger partial charge in [0.15, 0.2) is 0 Å². The predicted molar refractivity (Wildman–Crippen MR) is 78.5 cm³/mol. The lowest BCUT2D eigenvalue weighted by Gasteiger charge is -2.36.